The summed E-state index contributed by atoms with van der Waals surface area (Å²) < 4.78 is 0. The van der Waals surface area contributed by atoms with Crippen molar-refractivity contribution in [3.63, 3.8) is 0 Å². The fourth-order valence-corrected chi connectivity index (χ4v) is 3.66. The normalized spacial score (nSPS) is 21.5. The molecular formula is C19H26N2O2. The molecule has 2 aromatic rings. The summed E-state index contributed by atoms with van der Waals surface area (Å²) in [6.07, 6.45) is 7.02. The van der Waals surface area contributed by atoms with Crippen molar-refractivity contribution in [1.82, 2.24) is 10.3 Å². The molecule has 3 N–H and O–H groups in total. The van der Waals surface area contributed by atoms with Crippen LogP contribution in [0.4, 0.5) is 0 Å². The second-order valence-electron chi connectivity index (χ2n) is 6.67. The summed E-state index contributed by atoms with van der Waals surface area (Å²) in [5.41, 5.74) is 3.48. The zero-order valence-corrected chi connectivity index (χ0v) is 13.8. The third kappa shape index (κ3) is 3.75. The molecule has 1 amide bonds. The standard InChI is InChI=1S/C19H26N2O2/c1-2-14-6-4-8-17-15(12-21-19(14)17)10-18(23)20-11-13-5-3-7-16(22)9-13/h4,6,8,12-13,16,21-22H,2-3,5,7,9-11H2,1H3,(H,20,23). The van der Waals surface area contributed by atoms with Crippen LogP contribution in [0.25, 0.3) is 10.9 Å². The van der Waals surface area contributed by atoms with E-state index in [0.29, 0.717) is 18.9 Å². The second kappa shape index (κ2) is 7.18. The Kier molecular flexibility index (Phi) is 5.01. The number of aliphatic hydroxyl groups is 1. The number of benzene rings is 1. The third-order valence-electron chi connectivity index (χ3n) is 4.96. The van der Waals surface area contributed by atoms with Crippen molar-refractivity contribution in [2.75, 3.05) is 6.54 Å². The minimum Gasteiger partial charge on any atom is -0.393 e. The number of aliphatic hydroxyl groups excluding tert-OH is 1. The Bertz CT molecular complexity index is 677. The molecule has 1 saturated carbocycles. The molecule has 0 radical (unpaired) electrons. The molecule has 1 aliphatic carbocycles. The molecule has 1 heterocycles. The number of fused-ring (bicyclic) bond motifs is 1. The Balaban J connectivity index is 1.60. The summed E-state index contributed by atoms with van der Waals surface area (Å²) in [6.45, 7) is 2.82. The number of aromatic amines is 1. The van der Waals surface area contributed by atoms with Gasteiger partial charge in [-0.1, -0.05) is 31.5 Å². The maximum absolute atomic E-state index is 12.2. The van der Waals surface area contributed by atoms with Crippen molar-refractivity contribution in [3.8, 4) is 0 Å². The first kappa shape index (κ1) is 16.1. The fraction of sp³-hybridized carbons (Fsp3) is 0.526. The lowest BCUT2D eigenvalue weighted by atomic mass is 9.87. The number of carbonyl (C=O) groups is 1. The van der Waals surface area contributed by atoms with Crippen molar-refractivity contribution >= 4 is 16.8 Å². The predicted molar refractivity (Wildman–Crippen MR) is 92.4 cm³/mol. The number of carbonyl (C=O) groups excluding carboxylic acids is 1. The van der Waals surface area contributed by atoms with Gasteiger partial charge in [0.15, 0.2) is 0 Å². The van der Waals surface area contributed by atoms with Crippen LogP contribution in [-0.4, -0.2) is 28.6 Å². The van der Waals surface area contributed by atoms with Crippen LogP contribution in [0, 0.1) is 5.92 Å². The van der Waals surface area contributed by atoms with E-state index in [1.807, 2.05) is 6.20 Å². The van der Waals surface area contributed by atoms with Crippen LogP contribution in [0.15, 0.2) is 24.4 Å². The zero-order valence-electron chi connectivity index (χ0n) is 13.8. The number of hydrogen-bond acceptors (Lipinski definition) is 2. The number of nitrogens with one attached hydrogen (secondary N) is 2. The Morgan fingerprint density at radius 2 is 2.22 bits per heavy atom. The van der Waals surface area contributed by atoms with Gasteiger partial charge in [-0.2, -0.15) is 0 Å². The van der Waals surface area contributed by atoms with Gasteiger partial charge in [0.05, 0.1) is 12.5 Å². The molecule has 3 rings (SSSR count). The van der Waals surface area contributed by atoms with Gasteiger partial charge in [-0.3, -0.25) is 4.79 Å². The molecular weight excluding hydrogens is 288 g/mol. The molecule has 0 bridgehead atoms. The topological polar surface area (TPSA) is 65.1 Å². The molecule has 4 nitrogen and oxygen atoms in total. The highest BCUT2D eigenvalue weighted by Crippen LogP contribution is 2.24. The maximum Gasteiger partial charge on any atom is 0.224 e. The molecule has 0 spiro atoms. The summed E-state index contributed by atoms with van der Waals surface area (Å²) >= 11 is 0. The minimum atomic E-state index is -0.188. The molecule has 1 aromatic heterocycles. The van der Waals surface area contributed by atoms with Gasteiger partial charge in [-0.05, 0) is 42.7 Å². The summed E-state index contributed by atoms with van der Waals surface area (Å²) in [4.78, 5) is 15.6. The Morgan fingerprint density at radius 3 is 3.00 bits per heavy atom. The van der Waals surface area contributed by atoms with E-state index in [4.69, 9.17) is 0 Å². The Morgan fingerprint density at radius 1 is 1.35 bits per heavy atom. The fourth-order valence-electron chi connectivity index (χ4n) is 3.66. The maximum atomic E-state index is 12.2. The van der Waals surface area contributed by atoms with E-state index < -0.39 is 0 Å². The van der Waals surface area contributed by atoms with Gasteiger partial charge < -0.3 is 15.4 Å². The quantitative estimate of drug-likeness (QED) is 0.794. The number of aromatic nitrogens is 1. The molecule has 124 valence electrons. The van der Waals surface area contributed by atoms with Gasteiger partial charge in [-0.15, -0.1) is 0 Å². The van der Waals surface area contributed by atoms with E-state index in [0.717, 1.165) is 48.6 Å². The van der Waals surface area contributed by atoms with Crippen LogP contribution in [0.2, 0.25) is 0 Å². The van der Waals surface area contributed by atoms with Gasteiger partial charge >= 0.3 is 0 Å². The molecule has 2 unspecified atom stereocenters. The molecule has 2 atom stereocenters. The highest BCUT2D eigenvalue weighted by molar-refractivity contribution is 5.90. The van der Waals surface area contributed by atoms with Crippen molar-refractivity contribution in [3.05, 3.63) is 35.5 Å². The predicted octanol–water partition coefficient (Wildman–Crippen LogP) is 2.94. The summed E-state index contributed by atoms with van der Waals surface area (Å²) in [5.74, 6) is 0.477. The number of amides is 1. The van der Waals surface area contributed by atoms with Crippen LogP contribution in [0.5, 0.6) is 0 Å². The SMILES string of the molecule is CCc1cccc2c(CC(=O)NCC3CCCC(O)C3)c[nH]c12. The van der Waals surface area contributed by atoms with Crippen molar-refractivity contribution in [1.29, 1.82) is 0 Å². The minimum absolute atomic E-state index is 0.0628. The molecule has 23 heavy (non-hydrogen) atoms. The number of rotatable bonds is 5. The van der Waals surface area contributed by atoms with E-state index >= 15 is 0 Å². The highest BCUT2D eigenvalue weighted by Gasteiger charge is 2.20. The number of para-hydroxylation sites is 1. The van der Waals surface area contributed by atoms with Gasteiger partial charge in [0.2, 0.25) is 5.91 Å². The number of H-pyrrole nitrogens is 1. The lowest BCUT2D eigenvalue weighted by molar-refractivity contribution is -0.120. The van der Waals surface area contributed by atoms with Crippen LogP contribution in [0.1, 0.15) is 43.7 Å². The average molecular weight is 314 g/mol. The highest BCUT2D eigenvalue weighted by atomic mass is 16.3. The number of aryl methyl sites for hydroxylation is 1. The van der Waals surface area contributed by atoms with Crippen LogP contribution < -0.4 is 5.32 Å². The first-order chi connectivity index (χ1) is 11.2. The van der Waals surface area contributed by atoms with E-state index in [1.54, 1.807) is 0 Å². The molecule has 0 saturated heterocycles. The monoisotopic (exact) mass is 314 g/mol. The average Bonchev–Trinajstić information content (AvgIpc) is 2.96. The van der Waals surface area contributed by atoms with Crippen LogP contribution in [0.3, 0.4) is 0 Å². The van der Waals surface area contributed by atoms with Gasteiger partial charge in [0.1, 0.15) is 0 Å². The Labute approximate surface area is 137 Å². The number of hydrogen-bond donors (Lipinski definition) is 3. The first-order valence-corrected chi connectivity index (χ1v) is 8.70. The third-order valence-corrected chi connectivity index (χ3v) is 4.96. The molecule has 1 fully saturated rings. The molecule has 1 aromatic carbocycles. The summed E-state index contributed by atoms with van der Waals surface area (Å²) in [7, 11) is 0. The van der Waals surface area contributed by atoms with Crippen molar-refractivity contribution in [2.24, 2.45) is 5.92 Å². The molecule has 1 aliphatic rings. The molecule has 4 heteroatoms. The van der Waals surface area contributed by atoms with E-state index in [2.05, 4.69) is 35.4 Å². The summed E-state index contributed by atoms with van der Waals surface area (Å²) in [5, 5.41) is 13.9. The first-order valence-electron chi connectivity index (χ1n) is 8.70. The van der Waals surface area contributed by atoms with Crippen molar-refractivity contribution in [2.45, 2.75) is 51.6 Å². The summed E-state index contributed by atoms with van der Waals surface area (Å²) in [6, 6.07) is 6.25. The van der Waals surface area contributed by atoms with E-state index in [-0.39, 0.29) is 12.0 Å². The largest absolute Gasteiger partial charge is 0.393 e. The van der Waals surface area contributed by atoms with E-state index in [9.17, 15) is 9.90 Å². The molecule has 0 aliphatic heterocycles. The Hall–Kier alpha value is -1.81. The zero-order chi connectivity index (χ0) is 16.2. The lowest BCUT2D eigenvalue weighted by Gasteiger charge is -2.25. The van der Waals surface area contributed by atoms with Crippen LogP contribution in [-0.2, 0) is 17.6 Å². The smallest absolute Gasteiger partial charge is 0.224 e. The second-order valence-corrected chi connectivity index (χ2v) is 6.67. The van der Waals surface area contributed by atoms with Gasteiger partial charge in [0.25, 0.3) is 0 Å². The van der Waals surface area contributed by atoms with E-state index in [1.165, 1.54) is 5.56 Å². The van der Waals surface area contributed by atoms with Gasteiger partial charge in [-0.25, -0.2) is 0 Å². The van der Waals surface area contributed by atoms with Gasteiger partial charge in [0, 0.05) is 23.6 Å². The lowest BCUT2D eigenvalue weighted by Crippen LogP contribution is -2.33. The van der Waals surface area contributed by atoms with Crippen LogP contribution >= 0.6 is 0 Å². The van der Waals surface area contributed by atoms with Crippen molar-refractivity contribution < 1.29 is 9.90 Å².